The number of nitro benzene ring substituents is 1. The summed E-state index contributed by atoms with van der Waals surface area (Å²) in [5.41, 5.74) is 0.757. The van der Waals surface area contributed by atoms with Crippen molar-refractivity contribution in [2.45, 2.75) is 0 Å². The van der Waals surface area contributed by atoms with Crippen molar-refractivity contribution in [2.24, 2.45) is 0 Å². The Labute approximate surface area is 152 Å². The van der Waals surface area contributed by atoms with E-state index < -0.39 is 16.4 Å². The molecule has 0 saturated heterocycles. The van der Waals surface area contributed by atoms with Gasteiger partial charge < -0.3 is 4.42 Å². The average Bonchev–Trinajstić information content (AvgIpc) is 3.09. The lowest BCUT2D eigenvalue weighted by molar-refractivity contribution is -0.384. The van der Waals surface area contributed by atoms with Gasteiger partial charge in [-0.1, -0.05) is 23.7 Å². The van der Waals surface area contributed by atoms with E-state index >= 15 is 0 Å². The molecular formula is C19H10ClFN2O3. The molecule has 1 aromatic heterocycles. The Morgan fingerprint density at radius 2 is 1.92 bits per heavy atom. The van der Waals surface area contributed by atoms with Gasteiger partial charge in [-0.05, 0) is 48.0 Å². The molecule has 3 aromatic rings. The molecule has 0 radical (unpaired) electrons. The number of rotatable bonds is 4. The number of allylic oxidation sites excluding steroid dienone is 1. The van der Waals surface area contributed by atoms with Crippen molar-refractivity contribution in [3.8, 4) is 17.4 Å². The minimum atomic E-state index is -0.707. The highest BCUT2D eigenvalue weighted by Gasteiger charge is 2.19. The van der Waals surface area contributed by atoms with E-state index in [1.165, 1.54) is 18.2 Å². The minimum Gasteiger partial charge on any atom is -0.456 e. The van der Waals surface area contributed by atoms with Gasteiger partial charge in [0, 0.05) is 5.02 Å². The first-order valence-corrected chi connectivity index (χ1v) is 7.77. The molecule has 2 aromatic carbocycles. The lowest BCUT2D eigenvalue weighted by Gasteiger charge is -2.00. The maximum Gasteiger partial charge on any atom is 0.283 e. The summed E-state index contributed by atoms with van der Waals surface area (Å²) in [6.45, 7) is 0. The van der Waals surface area contributed by atoms with Crippen LogP contribution in [0.5, 0.6) is 0 Å². The highest BCUT2D eigenvalue weighted by atomic mass is 35.5. The van der Waals surface area contributed by atoms with Crippen LogP contribution in [-0.4, -0.2) is 4.92 Å². The number of nitro groups is 1. The van der Waals surface area contributed by atoms with E-state index in [2.05, 4.69) is 6.07 Å². The normalized spacial score (nSPS) is 11.2. The van der Waals surface area contributed by atoms with E-state index in [0.717, 1.165) is 12.1 Å². The maximum atomic E-state index is 13.3. The van der Waals surface area contributed by atoms with Crippen LogP contribution in [0.15, 0.2) is 59.0 Å². The highest BCUT2D eigenvalue weighted by Crippen LogP contribution is 2.32. The van der Waals surface area contributed by atoms with Crippen LogP contribution in [0.3, 0.4) is 0 Å². The maximum absolute atomic E-state index is 13.3. The summed E-state index contributed by atoms with van der Waals surface area (Å²) < 4.78 is 18.9. The zero-order valence-electron chi connectivity index (χ0n) is 13.1. The summed E-state index contributed by atoms with van der Waals surface area (Å²) >= 11 is 5.84. The van der Waals surface area contributed by atoms with E-state index in [1.54, 1.807) is 30.3 Å². The molecule has 0 saturated carbocycles. The Balaban J connectivity index is 1.99. The van der Waals surface area contributed by atoms with Crippen molar-refractivity contribution in [2.75, 3.05) is 0 Å². The van der Waals surface area contributed by atoms with E-state index in [1.807, 2.05) is 0 Å². The summed E-state index contributed by atoms with van der Waals surface area (Å²) in [5.74, 6) is -0.164. The Bertz CT molecular complexity index is 1050. The number of nitriles is 1. The number of furan rings is 1. The zero-order chi connectivity index (χ0) is 18.7. The second-order valence-electron chi connectivity index (χ2n) is 5.30. The molecule has 0 aliphatic carbocycles. The number of nitrogens with zero attached hydrogens (tertiary/aromatic N) is 2. The Morgan fingerprint density at radius 3 is 2.58 bits per heavy atom. The van der Waals surface area contributed by atoms with Gasteiger partial charge in [0.2, 0.25) is 0 Å². The molecule has 0 aliphatic rings. The van der Waals surface area contributed by atoms with Crippen LogP contribution < -0.4 is 0 Å². The predicted molar refractivity (Wildman–Crippen MR) is 95.7 cm³/mol. The molecule has 0 atom stereocenters. The molecule has 0 fully saturated rings. The van der Waals surface area contributed by atoms with Crippen molar-refractivity contribution >= 4 is 28.9 Å². The van der Waals surface area contributed by atoms with Crippen molar-refractivity contribution in [3.05, 3.63) is 86.9 Å². The molecule has 0 N–H and O–H groups in total. The van der Waals surface area contributed by atoms with Crippen LogP contribution in [0.25, 0.3) is 23.0 Å². The molecule has 0 amide bonds. The number of hydrogen-bond acceptors (Lipinski definition) is 4. The first-order chi connectivity index (χ1) is 12.5. The third-order valence-electron chi connectivity index (χ3n) is 3.61. The monoisotopic (exact) mass is 368 g/mol. The van der Waals surface area contributed by atoms with E-state index in [0.29, 0.717) is 21.9 Å². The lowest BCUT2D eigenvalue weighted by atomic mass is 10.1. The second-order valence-corrected chi connectivity index (χ2v) is 5.73. The van der Waals surface area contributed by atoms with Crippen LogP contribution in [0, 0.1) is 27.3 Å². The van der Waals surface area contributed by atoms with Crippen molar-refractivity contribution < 1.29 is 13.7 Å². The first-order valence-electron chi connectivity index (χ1n) is 7.40. The van der Waals surface area contributed by atoms with Gasteiger partial charge >= 0.3 is 0 Å². The Kier molecular flexibility index (Phi) is 4.83. The number of benzene rings is 2. The van der Waals surface area contributed by atoms with Crippen LogP contribution in [-0.2, 0) is 0 Å². The summed E-state index contributed by atoms with van der Waals surface area (Å²) in [4.78, 5) is 10.4. The molecular weight excluding hydrogens is 359 g/mol. The van der Waals surface area contributed by atoms with Crippen LogP contribution in [0.4, 0.5) is 10.1 Å². The molecule has 26 heavy (non-hydrogen) atoms. The number of halogens is 2. The molecule has 0 spiro atoms. The molecule has 7 heteroatoms. The lowest BCUT2D eigenvalue weighted by Crippen LogP contribution is -1.92. The standard InChI is InChI=1S/C19H10ClFN2O3/c20-14-3-1-12(2-4-14)13(11-22)9-16-6-8-19(26-16)17-7-5-15(21)10-18(17)23(24)25/h1-10H. The first kappa shape index (κ1) is 17.4. The smallest absolute Gasteiger partial charge is 0.283 e. The van der Waals surface area contributed by atoms with E-state index in [-0.39, 0.29) is 11.3 Å². The highest BCUT2D eigenvalue weighted by molar-refractivity contribution is 6.30. The van der Waals surface area contributed by atoms with Crippen molar-refractivity contribution in [1.82, 2.24) is 0 Å². The van der Waals surface area contributed by atoms with Gasteiger partial charge in [0.1, 0.15) is 17.3 Å². The molecule has 1 heterocycles. The van der Waals surface area contributed by atoms with Crippen LogP contribution in [0.1, 0.15) is 11.3 Å². The van der Waals surface area contributed by atoms with Crippen molar-refractivity contribution in [3.63, 3.8) is 0 Å². The topological polar surface area (TPSA) is 80.1 Å². The second kappa shape index (κ2) is 7.21. The van der Waals surface area contributed by atoms with Gasteiger partial charge in [0.15, 0.2) is 0 Å². The molecule has 0 aliphatic heterocycles. The van der Waals surface area contributed by atoms with E-state index in [4.69, 9.17) is 16.0 Å². The summed E-state index contributed by atoms with van der Waals surface area (Å²) in [6, 6.07) is 15.1. The average molecular weight is 369 g/mol. The Hall–Kier alpha value is -3.43. The van der Waals surface area contributed by atoms with Gasteiger partial charge in [-0.2, -0.15) is 5.26 Å². The van der Waals surface area contributed by atoms with E-state index in [9.17, 15) is 19.8 Å². The molecule has 128 valence electrons. The fourth-order valence-corrected chi connectivity index (χ4v) is 2.52. The zero-order valence-corrected chi connectivity index (χ0v) is 13.9. The number of hydrogen-bond donors (Lipinski definition) is 0. The minimum absolute atomic E-state index is 0.154. The summed E-state index contributed by atoms with van der Waals surface area (Å²) in [7, 11) is 0. The fraction of sp³-hybridized carbons (Fsp3) is 0. The van der Waals surface area contributed by atoms with Crippen molar-refractivity contribution in [1.29, 1.82) is 5.26 Å². The largest absolute Gasteiger partial charge is 0.456 e. The third-order valence-corrected chi connectivity index (χ3v) is 3.86. The van der Waals surface area contributed by atoms with Gasteiger partial charge in [0.25, 0.3) is 5.69 Å². The van der Waals surface area contributed by atoms with Gasteiger partial charge in [-0.15, -0.1) is 0 Å². The molecule has 0 unspecified atom stereocenters. The Morgan fingerprint density at radius 1 is 1.19 bits per heavy atom. The summed E-state index contributed by atoms with van der Waals surface area (Å²) in [5, 5.41) is 21.0. The predicted octanol–water partition coefficient (Wildman–Crippen LogP) is 5.71. The van der Waals surface area contributed by atoms with Gasteiger partial charge in [-0.3, -0.25) is 10.1 Å². The molecule has 5 nitrogen and oxygen atoms in total. The molecule has 0 bridgehead atoms. The summed E-state index contributed by atoms with van der Waals surface area (Å²) in [6.07, 6.45) is 1.52. The molecule has 3 rings (SSSR count). The fourth-order valence-electron chi connectivity index (χ4n) is 2.39. The van der Waals surface area contributed by atoms with Gasteiger partial charge in [-0.25, -0.2) is 4.39 Å². The third kappa shape index (κ3) is 3.63. The SMILES string of the molecule is N#CC(=Cc1ccc(-c2ccc(F)cc2[N+](=O)[O-])o1)c1ccc(Cl)cc1. The van der Waals surface area contributed by atoms with Crippen LogP contribution in [0.2, 0.25) is 5.02 Å². The van der Waals surface area contributed by atoms with Gasteiger partial charge in [0.05, 0.1) is 28.2 Å². The quantitative estimate of drug-likeness (QED) is 0.335. The van der Waals surface area contributed by atoms with Crippen LogP contribution >= 0.6 is 11.6 Å².